The van der Waals surface area contributed by atoms with Crippen LogP contribution < -0.4 is 5.32 Å². The van der Waals surface area contributed by atoms with E-state index in [-0.39, 0.29) is 24.8 Å². The van der Waals surface area contributed by atoms with Gasteiger partial charge in [0.2, 0.25) is 0 Å². The Balaban J connectivity index is 0.00000113. The van der Waals surface area contributed by atoms with Crippen LogP contribution in [0.4, 0.5) is 0 Å². The van der Waals surface area contributed by atoms with Gasteiger partial charge in [0.25, 0.3) is 0 Å². The minimum absolute atomic E-state index is 0. The summed E-state index contributed by atoms with van der Waals surface area (Å²) in [5.41, 5.74) is 3.00. The van der Waals surface area contributed by atoms with Gasteiger partial charge in [-0.3, -0.25) is 0 Å². The van der Waals surface area contributed by atoms with Crippen LogP contribution in [-0.4, -0.2) is 37.1 Å². The van der Waals surface area contributed by atoms with Crippen molar-refractivity contribution in [2.45, 2.75) is 30.7 Å². The van der Waals surface area contributed by atoms with Gasteiger partial charge >= 0.3 is 0 Å². The smallest absolute Gasteiger partial charge is 0.0201 e. The molecular formula is C21H28Cl2N2. The highest BCUT2D eigenvalue weighted by Crippen LogP contribution is 2.29. The molecule has 136 valence electrons. The van der Waals surface area contributed by atoms with Crippen LogP contribution in [0.3, 0.4) is 0 Å². The van der Waals surface area contributed by atoms with Crippen LogP contribution in [0.25, 0.3) is 0 Å². The number of nitrogens with zero attached hydrogens (tertiary/aromatic N) is 1. The Morgan fingerprint density at radius 2 is 1.44 bits per heavy atom. The lowest BCUT2D eigenvalue weighted by molar-refractivity contribution is 0.299. The van der Waals surface area contributed by atoms with E-state index < -0.39 is 0 Å². The fourth-order valence-electron chi connectivity index (χ4n) is 4.24. The van der Waals surface area contributed by atoms with Gasteiger partial charge in [0.1, 0.15) is 0 Å². The molecule has 0 aromatic heterocycles. The summed E-state index contributed by atoms with van der Waals surface area (Å²) in [5.74, 6) is 1.41. The number of rotatable bonds is 4. The molecule has 0 aliphatic carbocycles. The quantitative estimate of drug-likeness (QED) is 0.844. The molecule has 0 radical (unpaired) electrons. The fourth-order valence-corrected chi connectivity index (χ4v) is 4.24. The second-order valence-electron chi connectivity index (χ2n) is 7.10. The van der Waals surface area contributed by atoms with Gasteiger partial charge in [-0.2, -0.15) is 0 Å². The Bertz CT molecular complexity index is 565. The monoisotopic (exact) mass is 378 g/mol. The van der Waals surface area contributed by atoms with Crippen molar-refractivity contribution in [2.75, 3.05) is 26.2 Å². The van der Waals surface area contributed by atoms with E-state index in [1.54, 1.807) is 0 Å². The third-order valence-electron chi connectivity index (χ3n) is 5.51. The SMILES string of the molecule is Cl.Cl.c1ccc([C@@H]2CN[C@H](CN3CC[C@H](c4ccccc4)C3)C2)cc1. The van der Waals surface area contributed by atoms with Gasteiger partial charge in [-0.05, 0) is 42.3 Å². The molecule has 2 fully saturated rings. The zero-order valence-electron chi connectivity index (χ0n) is 14.5. The molecule has 3 atom stereocenters. The summed E-state index contributed by atoms with van der Waals surface area (Å²) in [6, 6.07) is 22.6. The second-order valence-corrected chi connectivity index (χ2v) is 7.10. The van der Waals surface area contributed by atoms with Crippen LogP contribution in [0.5, 0.6) is 0 Å². The summed E-state index contributed by atoms with van der Waals surface area (Å²) in [7, 11) is 0. The van der Waals surface area contributed by atoms with Crippen molar-refractivity contribution in [3.63, 3.8) is 0 Å². The Hall–Kier alpha value is -1.06. The molecule has 0 saturated carbocycles. The first-order chi connectivity index (χ1) is 11.4. The molecule has 4 heteroatoms. The molecule has 0 spiro atoms. The van der Waals surface area contributed by atoms with Crippen molar-refractivity contribution in [1.29, 1.82) is 0 Å². The van der Waals surface area contributed by atoms with E-state index in [9.17, 15) is 0 Å². The van der Waals surface area contributed by atoms with Gasteiger partial charge in [0.05, 0.1) is 0 Å². The second kappa shape index (κ2) is 9.59. The molecule has 2 heterocycles. The molecule has 25 heavy (non-hydrogen) atoms. The van der Waals surface area contributed by atoms with Gasteiger partial charge < -0.3 is 10.2 Å². The lowest BCUT2D eigenvalue weighted by Crippen LogP contribution is -2.36. The van der Waals surface area contributed by atoms with E-state index in [1.807, 2.05) is 0 Å². The van der Waals surface area contributed by atoms with Crippen molar-refractivity contribution >= 4 is 24.8 Å². The lowest BCUT2D eigenvalue weighted by atomic mass is 9.96. The Morgan fingerprint density at radius 3 is 2.08 bits per heavy atom. The normalized spacial score (nSPS) is 26.0. The first-order valence-corrected chi connectivity index (χ1v) is 8.94. The highest BCUT2D eigenvalue weighted by Gasteiger charge is 2.30. The van der Waals surface area contributed by atoms with E-state index in [2.05, 4.69) is 70.9 Å². The first-order valence-electron chi connectivity index (χ1n) is 8.94. The fraction of sp³-hybridized carbons (Fsp3) is 0.429. The Labute approximate surface area is 163 Å². The number of halogens is 2. The average molecular weight is 379 g/mol. The van der Waals surface area contributed by atoms with Crippen LogP contribution in [0.1, 0.15) is 35.8 Å². The maximum absolute atomic E-state index is 3.74. The van der Waals surface area contributed by atoms with E-state index in [4.69, 9.17) is 0 Å². The van der Waals surface area contributed by atoms with Crippen molar-refractivity contribution in [1.82, 2.24) is 10.2 Å². The molecule has 0 amide bonds. The standard InChI is InChI=1S/C21H26N2.2ClH/c1-3-7-17(8-4-1)19-11-12-23(15-19)16-21-13-20(14-22-21)18-9-5-2-6-10-18;;/h1-10,19-22H,11-16H2;2*1H/t19-,20-,21-;;/m0../s1. The molecule has 2 aliphatic heterocycles. The Morgan fingerprint density at radius 1 is 0.840 bits per heavy atom. The summed E-state index contributed by atoms with van der Waals surface area (Å²) >= 11 is 0. The van der Waals surface area contributed by atoms with E-state index in [0.717, 1.165) is 12.5 Å². The highest BCUT2D eigenvalue weighted by molar-refractivity contribution is 5.85. The lowest BCUT2D eigenvalue weighted by Gasteiger charge is -2.21. The largest absolute Gasteiger partial charge is 0.312 e. The van der Waals surface area contributed by atoms with E-state index in [0.29, 0.717) is 12.0 Å². The molecule has 1 N–H and O–H groups in total. The molecule has 2 aliphatic rings. The van der Waals surface area contributed by atoms with Gasteiger partial charge in [-0.1, -0.05) is 60.7 Å². The molecule has 2 saturated heterocycles. The number of likely N-dealkylation sites (tertiary alicyclic amines) is 1. The van der Waals surface area contributed by atoms with Crippen LogP contribution in [-0.2, 0) is 0 Å². The predicted molar refractivity (Wildman–Crippen MR) is 110 cm³/mol. The third-order valence-corrected chi connectivity index (χ3v) is 5.51. The van der Waals surface area contributed by atoms with E-state index >= 15 is 0 Å². The zero-order valence-corrected chi connectivity index (χ0v) is 16.1. The summed E-state index contributed by atoms with van der Waals surface area (Å²) in [4.78, 5) is 2.66. The van der Waals surface area contributed by atoms with Crippen molar-refractivity contribution < 1.29 is 0 Å². The maximum Gasteiger partial charge on any atom is 0.0201 e. The zero-order chi connectivity index (χ0) is 15.5. The molecule has 2 nitrogen and oxygen atoms in total. The van der Waals surface area contributed by atoms with Gasteiger partial charge in [0, 0.05) is 25.7 Å². The van der Waals surface area contributed by atoms with Gasteiger partial charge in [-0.15, -0.1) is 24.8 Å². The number of hydrogen-bond acceptors (Lipinski definition) is 2. The minimum atomic E-state index is 0. The minimum Gasteiger partial charge on any atom is -0.312 e. The topological polar surface area (TPSA) is 15.3 Å². The highest BCUT2D eigenvalue weighted by atomic mass is 35.5. The van der Waals surface area contributed by atoms with Gasteiger partial charge in [-0.25, -0.2) is 0 Å². The molecule has 2 aromatic carbocycles. The summed E-state index contributed by atoms with van der Waals surface area (Å²) in [5, 5.41) is 3.74. The molecule has 0 bridgehead atoms. The molecule has 4 rings (SSSR count). The third kappa shape index (κ3) is 4.98. The van der Waals surface area contributed by atoms with Crippen molar-refractivity contribution in [2.24, 2.45) is 0 Å². The molecule has 0 unspecified atom stereocenters. The van der Waals surface area contributed by atoms with Crippen molar-refractivity contribution in [3.05, 3.63) is 71.8 Å². The number of hydrogen-bond donors (Lipinski definition) is 1. The maximum atomic E-state index is 3.74. The van der Waals surface area contributed by atoms with Crippen LogP contribution >= 0.6 is 24.8 Å². The van der Waals surface area contributed by atoms with Gasteiger partial charge in [0.15, 0.2) is 0 Å². The summed E-state index contributed by atoms with van der Waals surface area (Å²) in [6.45, 7) is 4.79. The van der Waals surface area contributed by atoms with Crippen LogP contribution in [0.2, 0.25) is 0 Å². The molecule has 2 aromatic rings. The average Bonchev–Trinajstić information content (AvgIpc) is 3.27. The summed E-state index contributed by atoms with van der Waals surface area (Å²) < 4.78 is 0. The van der Waals surface area contributed by atoms with Crippen molar-refractivity contribution in [3.8, 4) is 0 Å². The van der Waals surface area contributed by atoms with E-state index in [1.165, 1.54) is 43.6 Å². The van der Waals surface area contributed by atoms with Crippen LogP contribution in [0.15, 0.2) is 60.7 Å². The number of nitrogens with one attached hydrogen (secondary N) is 1. The number of benzene rings is 2. The Kier molecular flexibility index (Phi) is 7.77. The molecular weight excluding hydrogens is 351 g/mol. The summed E-state index contributed by atoms with van der Waals surface area (Å²) in [6.07, 6.45) is 2.58. The predicted octanol–water partition coefficient (Wildman–Crippen LogP) is 4.47. The first kappa shape index (κ1) is 20.3. The van der Waals surface area contributed by atoms with Crippen LogP contribution in [0, 0.1) is 0 Å².